The van der Waals surface area contributed by atoms with Gasteiger partial charge in [-0.25, -0.2) is 0 Å². The normalized spacial score (nSPS) is 10.6. The molecule has 0 spiro atoms. The molecule has 78 valence electrons. The third-order valence-electron chi connectivity index (χ3n) is 2.19. The first-order chi connectivity index (χ1) is 7.22. The van der Waals surface area contributed by atoms with Gasteiger partial charge in [0.1, 0.15) is 0 Å². The molecule has 0 bridgehead atoms. The summed E-state index contributed by atoms with van der Waals surface area (Å²) in [6.45, 7) is 0.498. The zero-order chi connectivity index (χ0) is 10.8. The molecule has 0 atom stereocenters. The van der Waals surface area contributed by atoms with Crippen molar-refractivity contribution < 1.29 is 0 Å². The van der Waals surface area contributed by atoms with E-state index in [4.69, 9.17) is 17.3 Å². The minimum atomic E-state index is 0.498. The first kappa shape index (κ1) is 11.1. The first-order valence-corrected chi connectivity index (χ1v) is 6.54. The molecule has 1 nitrogen and oxygen atoms in total. The van der Waals surface area contributed by atoms with Crippen LogP contribution in [0.5, 0.6) is 0 Å². The molecule has 0 aliphatic rings. The lowest BCUT2D eigenvalue weighted by Gasteiger charge is -2.07. The van der Waals surface area contributed by atoms with Gasteiger partial charge in [0.25, 0.3) is 0 Å². The predicted molar refractivity (Wildman–Crippen MR) is 70.4 cm³/mol. The molecule has 4 heteroatoms. The van der Waals surface area contributed by atoms with Crippen molar-refractivity contribution in [1.29, 1.82) is 0 Å². The van der Waals surface area contributed by atoms with Crippen molar-refractivity contribution in [2.24, 2.45) is 5.73 Å². The Morgan fingerprint density at radius 1 is 1.27 bits per heavy atom. The van der Waals surface area contributed by atoms with Crippen molar-refractivity contribution >= 4 is 38.9 Å². The second kappa shape index (κ2) is 4.66. The highest BCUT2D eigenvalue weighted by atomic mass is 79.9. The zero-order valence-corrected chi connectivity index (χ0v) is 11.0. The van der Waals surface area contributed by atoms with Crippen molar-refractivity contribution in [1.82, 2.24) is 0 Å². The Morgan fingerprint density at radius 2 is 2.07 bits per heavy atom. The number of hydrogen-bond donors (Lipinski definition) is 1. The van der Waals surface area contributed by atoms with Crippen LogP contribution >= 0.6 is 38.9 Å². The summed E-state index contributed by atoms with van der Waals surface area (Å²) in [5.41, 5.74) is 9.10. The Hall–Kier alpha value is -0.350. The van der Waals surface area contributed by atoms with E-state index >= 15 is 0 Å². The summed E-state index contributed by atoms with van der Waals surface area (Å²) in [4.78, 5) is 0. The van der Waals surface area contributed by atoms with Gasteiger partial charge in [-0.05, 0) is 44.6 Å². The van der Waals surface area contributed by atoms with Crippen LogP contribution in [0, 0.1) is 0 Å². The average molecular weight is 303 g/mol. The summed E-state index contributed by atoms with van der Waals surface area (Å²) in [6.07, 6.45) is 0. The number of hydrogen-bond acceptors (Lipinski definition) is 2. The van der Waals surface area contributed by atoms with Crippen molar-refractivity contribution in [3.05, 3.63) is 44.0 Å². The van der Waals surface area contributed by atoms with Crippen LogP contribution < -0.4 is 5.73 Å². The summed E-state index contributed by atoms with van der Waals surface area (Å²) in [5.74, 6) is 0. The largest absolute Gasteiger partial charge is 0.326 e. The predicted octanol–water partition coefficient (Wildman–Crippen LogP) is 4.29. The number of rotatable bonds is 2. The van der Waals surface area contributed by atoms with Crippen LogP contribution in [-0.2, 0) is 6.54 Å². The maximum absolute atomic E-state index is 5.93. The zero-order valence-electron chi connectivity index (χ0n) is 7.84. The topological polar surface area (TPSA) is 26.0 Å². The summed E-state index contributed by atoms with van der Waals surface area (Å²) in [5, 5.41) is 4.89. The van der Waals surface area contributed by atoms with Crippen LogP contribution in [0.15, 0.2) is 33.4 Å². The second-order valence-corrected chi connectivity index (χ2v) is 5.17. The molecule has 0 saturated carbocycles. The third-order valence-corrected chi connectivity index (χ3v) is 4.13. The van der Waals surface area contributed by atoms with Gasteiger partial charge in [-0.15, -0.1) is 0 Å². The number of nitrogens with two attached hydrogens (primary N) is 1. The average Bonchev–Trinajstić information content (AvgIpc) is 2.64. The lowest BCUT2D eigenvalue weighted by atomic mass is 10.0. The van der Waals surface area contributed by atoms with Gasteiger partial charge in [0, 0.05) is 27.0 Å². The molecule has 1 aromatic heterocycles. The van der Waals surface area contributed by atoms with E-state index in [1.54, 1.807) is 11.3 Å². The highest BCUT2D eigenvalue weighted by Gasteiger charge is 2.08. The quantitative estimate of drug-likeness (QED) is 0.880. The van der Waals surface area contributed by atoms with E-state index in [2.05, 4.69) is 26.7 Å². The molecule has 2 N–H and O–H groups in total. The molecule has 2 rings (SSSR count). The fourth-order valence-corrected chi connectivity index (χ4v) is 3.17. The van der Waals surface area contributed by atoms with Gasteiger partial charge in [0.2, 0.25) is 0 Å². The van der Waals surface area contributed by atoms with Crippen LogP contribution in [0.2, 0.25) is 5.02 Å². The SMILES string of the molecule is NCc1cc(Cl)ccc1-c1cscc1Br. The Labute approximate surface area is 106 Å². The maximum atomic E-state index is 5.93. The van der Waals surface area contributed by atoms with Crippen LogP contribution in [0.4, 0.5) is 0 Å². The van der Waals surface area contributed by atoms with E-state index in [9.17, 15) is 0 Å². The highest BCUT2D eigenvalue weighted by Crippen LogP contribution is 2.34. The van der Waals surface area contributed by atoms with E-state index in [0.717, 1.165) is 20.6 Å². The van der Waals surface area contributed by atoms with Crippen LogP contribution in [0.25, 0.3) is 11.1 Å². The molecular weight excluding hydrogens is 294 g/mol. The summed E-state index contributed by atoms with van der Waals surface area (Å²) >= 11 is 11.1. The molecule has 0 fully saturated rings. The summed E-state index contributed by atoms with van der Waals surface area (Å²) < 4.78 is 1.10. The molecule has 0 radical (unpaired) electrons. The fourth-order valence-electron chi connectivity index (χ4n) is 1.47. The van der Waals surface area contributed by atoms with E-state index < -0.39 is 0 Å². The van der Waals surface area contributed by atoms with E-state index in [1.807, 2.05) is 18.2 Å². The molecule has 1 heterocycles. The lowest BCUT2D eigenvalue weighted by Crippen LogP contribution is -1.98. The molecule has 15 heavy (non-hydrogen) atoms. The maximum Gasteiger partial charge on any atom is 0.0409 e. The summed E-state index contributed by atoms with van der Waals surface area (Å²) in [6, 6.07) is 5.82. The van der Waals surface area contributed by atoms with E-state index in [-0.39, 0.29) is 0 Å². The number of thiophene rings is 1. The lowest BCUT2D eigenvalue weighted by molar-refractivity contribution is 1.07. The van der Waals surface area contributed by atoms with Gasteiger partial charge in [-0.3, -0.25) is 0 Å². The Balaban J connectivity index is 2.58. The van der Waals surface area contributed by atoms with Gasteiger partial charge in [0.05, 0.1) is 0 Å². The Morgan fingerprint density at radius 3 is 2.67 bits per heavy atom. The van der Waals surface area contributed by atoms with Crippen LogP contribution in [0.1, 0.15) is 5.56 Å². The molecule has 2 aromatic rings. The van der Waals surface area contributed by atoms with Crippen molar-refractivity contribution in [3.63, 3.8) is 0 Å². The van der Waals surface area contributed by atoms with E-state index in [0.29, 0.717) is 6.54 Å². The molecular formula is C11H9BrClNS. The molecule has 0 aliphatic heterocycles. The van der Waals surface area contributed by atoms with Crippen molar-refractivity contribution in [2.45, 2.75) is 6.54 Å². The smallest absolute Gasteiger partial charge is 0.0409 e. The van der Waals surface area contributed by atoms with Crippen molar-refractivity contribution in [3.8, 4) is 11.1 Å². The first-order valence-electron chi connectivity index (χ1n) is 4.43. The van der Waals surface area contributed by atoms with Crippen molar-refractivity contribution in [2.75, 3.05) is 0 Å². The number of benzene rings is 1. The molecule has 0 unspecified atom stereocenters. The standard InChI is InChI=1S/C11H9BrClNS/c12-11-6-15-5-10(11)9-2-1-8(13)3-7(9)4-14/h1-3,5-6H,4,14H2. The Kier molecular flexibility index (Phi) is 3.46. The number of halogens is 2. The van der Waals surface area contributed by atoms with Crippen LogP contribution in [-0.4, -0.2) is 0 Å². The van der Waals surface area contributed by atoms with Crippen LogP contribution in [0.3, 0.4) is 0 Å². The molecule has 0 amide bonds. The minimum Gasteiger partial charge on any atom is -0.326 e. The molecule has 0 saturated heterocycles. The summed E-state index contributed by atoms with van der Waals surface area (Å²) in [7, 11) is 0. The Bertz CT molecular complexity index is 481. The van der Waals surface area contributed by atoms with Gasteiger partial charge < -0.3 is 5.73 Å². The van der Waals surface area contributed by atoms with Gasteiger partial charge >= 0.3 is 0 Å². The van der Waals surface area contributed by atoms with Gasteiger partial charge in [0.15, 0.2) is 0 Å². The minimum absolute atomic E-state index is 0.498. The van der Waals surface area contributed by atoms with E-state index in [1.165, 1.54) is 5.56 Å². The highest BCUT2D eigenvalue weighted by molar-refractivity contribution is 9.10. The fraction of sp³-hybridized carbons (Fsp3) is 0.0909. The second-order valence-electron chi connectivity index (χ2n) is 3.14. The molecule has 1 aromatic carbocycles. The molecule has 0 aliphatic carbocycles. The van der Waals surface area contributed by atoms with Gasteiger partial charge in [-0.1, -0.05) is 17.7 Å². The third kappa shape index (κ3) is 2.26. The van der Waals surface area contributed by atoms with Gasteiger partial charge in [-0.2, -0.15) is 11.3 Å². The monoisotopic (exact) mass is 301 g/mol.